The molecule has 1 aromatic heterocycles. The minimum absolute atomic E-state index is 0.0175. The number of nitrogens with one attached hydrogen (secondary N) is 1. The van der Waals surface area contributed by atoms with Gasteiger partial charge in [-0.15, -0.1) is 0 Å². The number of rotatable bonds is 5. The van der Waals surface area contributed by atoms with Gasteiger partial charge in [0.25, 0.3) is 0 Å². The highest BCUT2D eigenvalue weighted by molar-refractivity contribution is 5.77. The monoisotopic (exact) mass is 344 g/mol. The molecule has 0 unspecified atom stereocenters. The van der Waals surface area contributed by atoms with Crippen molar-refractivity contribution in [3.8, 4) is 17.0 Å². The number of amides is 1. The Balaban J connectivity index is 1.67. The lowest BCUT2D eigenvalue weighted by Crippen LogP contribution is -2.43. The molecule has 1 N–H and O–H groups in total. The zero-order valence-corrected chi connectivity index (χ0v) is 14.1. The SMILES string of the molecule is CNC(=O)CN1CCC(Oc2ccc(F)cc2-c2ccncn2)CC1. The third-order valence-corrected chi connectivity index (χ3v) is 4.27. The predicted molar refractivity (Wildman–Crippen MR) is 91.6 cm³/mol. The van der Waals surface area contributed by atoms with Crippen LogP contribution < -0.4 is 10.1 Å². The molecule has 7 heteroatoms. The number of likely N-dealkylation sites (N-methyl/N-ethyl adjacent to an activating group) is 1. The first-order valence-corrected chi connectivity index (χ1v) is 8.31. The van der Waals surface area contributed by atoms with Crippen LogP contribution in [0.25, 0.3) is 11.3 Å². The van der Waals surface area contributed by atoms with Gasteiger partial charge in [0.2, 0.25) is 5.91 Å². The zero-order chi connectivity index (χ0) is 17.6. The quantitative estimate of drug-likeness (QED) is 0.897. The summed E-state index contributed by atoms with van der Waals surface area (Å²) in [7, 11) is 1.64. The number of benzene rings is 1. The van der Waals surface area contributed by atoms with E-state index in [1.807, 2.05) is 0 Å². The van der Waals surface area contributed by atoms with Crippen molar-refractivity contribution in [1.82, 2.24) is 20.2 Å². The molecule has 0 atom stereocenters. The Hall–Kier alpha value is -2.54. The average Bonchev–Trinajstić information content (AvgIpc) is 2.65. The molecule has 3 rings (SSSR count). The van der Waals surface area contributed by atoms with Crippen molar-refractivity contribution in [3.63, 3.8) is 0 Å². The topological polar surface area (TPSA) is 67.4 Å². The van der Waals surface area contributed by atoms with E-state index in [0.29, 0.717) is 23.6 Å². The van der Waals surface area contributed by atoms with Crippen molar-refractivity contribution in [1.29, 1.82) is 0 Å². The summed E-state index contributed by atoms with van der Waals surface area (Å²) in [5, 5.41) is 2.63. The Morgan fingerprint density at radius 2 is 2.16 bits per heavy atom. The smallest absolute Gasteiger partial charge is 0.233 e. The van der Waals surface area contributed by atoms with Gasteiger partial charge >= 0.3 is 0 Å². The summed E-state index contributed by atoms with van der Waals surface area (Å²) < 4.78 is 19.8. The number of halogens is 1. The summed E-state index contributed by atoms with van der Waals surface area (Å²) in [6.45, 7) is 2.00. The summed E-state index contributed by atoms with van der Waals surface area (Å²) >= 11 is 0. The number of nitrogens with zero attached hydrogens (tertiary/aromatic N) is 3. The number of aromatic nitrogens is 2. The molecule has 1 aliphatic rings. The van der Waals surface area contributed by atoms with E-state index < -0.39 is 0 Å². The van der Waals surface area contributed by atoms with Crippen LogP contribution in [0.2, 0.25) is 0 Å². The Morgan fingerprint density at radius 3 is 2.84 bits per heavy atom. The number of carbonyl (C=O) groups is 1. The lowest BCUT2D eigenvalue weighted by molar-refractivity contribution is -0.122. The van der Waals surface area contributed by atoms with Crippen LogP contribution in [0.5, 0.6) is 5.75 Å². The number of carbonyl (C=O) groups excluding carboxylic acids is 1. The molecule has 1 fully saturated rings. The van der Waals surface area contributed by atoms with Crippen molar-refractivity contribution in [2.24, 2.45) is 0 Å². The third-order valence-electron chi connectivity index (χ3n) is 4.27. The van der Waals surface area contributed by atoms with E-state index in [1.54, 1.807) is 25.4 Å². The summed E-state index contributed by atoms with van der Waals surface area (Å²) in [5.74, 6) is 0.301. The normalized spacial score (nSPS) is 15.8. The highest BCUT2D eigenvalue weighted by Gasteiger charge is 2.23. The second kappa shape index (κ2) is 8.02. The van der Waals surface area contributed by atoms with Crippen LogP contribution >= 0.6 is 0 Å². The molecule has 0 spiro atoms. The molecular formula is C18H21FN4O2. The molecule has 25 heavy (non-hydrogen) atoms. The Bertz CT molecular complexity index is 718. The maximum absolute atomic E-state index is 13.7. The maximum atomic E-state index is 13.7. The standard InChI is InChI=1S/C18H21FN4O2/c1-20-18(24)11-23-8-5-14(6-9-23)25-17-3-2-13(19)10-15(17)16-4-7-21-12-22-16/h2-4,7,10,12,14H,5-6,8-9,11H2,1H3,(H,20,24). The van der Waals surface area contributed by atoms with Gasteiger partial charge in [0.15, 0.2) is 0 Å². The number of ether oxygens (including phenoxy) is 1. The Labute approximate surface area is 146 Å². The van der Waals surface area contributed by atoms with Gasteiger partial charge in [-0.1, -0.05) is 0 Å². The summed E-state index contributed by atoms with van der Waals surface area (Å²) in [6.07, 6.45) is 4.72. The molecule has 2 heterocycles. The first-order valence-electron chi connectivity index (χ1n) is 8.31. The van der Waals surface area contributed by atoms with E-state index in [-0.39, 0.29) is 17.8 Å². The van der Waals surface area contributed by atoms with Gasteiger partial charge in [0.05, 0.1) is 12.2 Å². The molecule has 2 aromatic rings. The highest BCUT2D eigenvalue weighted by atomic mass is 19.1. The van der Waals surface area contributed by atoms with Crippen LogP contribution in [-0.4, -0.2) is 53.6 Å². The molecule has 6 nitrogen and oxygen atoms in total. The largest absolute Gasteiger partial charge is 0.490 e. The number of hydrogen-bond donors (Lipinski definition) is 1. The molecule has 0 radical (unpaired) electrons. The molecule has 1 amide bonds. The highest BCUT2D eigenvalue weighted by Crippen LogP contribution is 2.31. The second-order valence-electron chi connectivity index (χ2n) is 6.00. The molecule has 0 saturated carbocycles. The molecule has 0 aliphatic carbocycles. The lowest BCUT2D eigenvalue weighted by atomic mass is 10.1. The minimum atomic E-state index is -0.332. The summed E-state index contributed by atoms with van der Waals surface area (Å²) in [5.41, 5.74) is 1.25. The summed E-state index contributed by atoms with van der Waals surface area (Å²) in [6, 6.07) is 6.19. The Kier molecular flexibility index (Phi) is 5.55. The van der Waals surface area contributed by atoms with Crippen molar-refractivity contribution in [3.05, 3.63) is 42.6 Å². The first kappa shape index (κ1) is 17.3. The predicted octanol–water partition coefficient (Wildman–Crippen LogP) is 1.87. The molecule has 1 saturated heterocycles. The second-order valence-corrected chi connectivity index (χ2v) is 6.00. The molecular weight excluding hydrogens is 323 g/mol. The van der Waals surface area contributed by atoms with Gasteiger partial charge in [-0.05, 0) is 37.1 Å². The van der Waals surface area contributed by atoms with Crippen molar-refractivity contribution >= 4 is 5.91 Å². The zero-order valence-electron chi connectivity index (χ0n) is 14.1. The van der Waals surface area contributed by atoms with Gasteiger partial charge in [-0.3, -0.25) is 9.69 Å². The van der Waals surface area contributed by atoms with Crippen molar-refractivity contribution in [2.45, 2.75) is 18.9 Å². The number of piperidine rings is 1. The van der Waals surface area contributed by atoms with Crippen LogP contribution in [0.1, 0.15) is 12.8 Å². The van der Waals surface area contributed by atoms with Gasteiger partial charge < -0.3 is 10.1 Å². The minimum Gasteiger partial charge on any atom is -0.490 e. The molecule has 1 aromatic carbocycles. The maximum Gasteiger partial charge on any atom is 0.233 e. The van der Waals surface area contributed by atoms with Crippen molar-refractivity contribution in [2.75, 3.05) is 26.7 Å². The fourth-order valence-corrected chi connectivity index (χ4v) is 2.90. The summed E-state index contributed by atoms with van der Waals surface area (Å²) in [4.78, 5) is 21.6. The molecule has 0 bridgehead atoms. The van der Waals surface area contributed by atoms with Crippen LogP contribution in [0.15, 0.2) is 36.8 Å². The fourth-order valence-electron chi connectivity index (χ4n) is 2.90. The number of likely N-dealkylation sites (tertiary alicyclic amines) is 1. The van der Waals surface area contributed by atoms with Gasteiger partial charge in [0, 0.05) is 31.9 Å². The van der Waals surface area contributed by atoms with Crippen LogP contribution in [0, 0.1) is 5.82 Å². The third kappa shape index (κ3) is 4.51. The van der Waals surface area contributed by atoms with E-state index in [1.165, 1.54) is 18.5 Å². The van der Waals surface area contributed by atoms with Crippen molar-refractivity contribution < 1.29 is 13.9 Å². The average molecular weight is 344 g/mol. The lowest BCUT2D eigenvalue weighted by Gasteiger charge is -2.32. The first-order chi connectivity index (χ1) is 12.2. The van der Waals surface area contributed by atoms with E-state index in [4.69, 9.17) is 4.74 Å². The van der Waals surface area contributed by atoms with Crippen LogP contribution in [0.4, 0.5) is 4.39 Å². The van der Waals surface area contributed by atoms with Gasteiger partial charge in [-0.25, -0.2) is 14.4 Å². The molecule has 1 aliphatic heterocycles. The van der Waals surface area contributed by atoms with Crippen LogP contribution in [-0.2, 0) is 4.79 Å². The van der Waals surface area contributed by atoms with E-state index in [9.17, 15) is 9.18 Å². The van der Waals surface area contributed by atoms with E-state index in [0.717, 1.165) is 25.9 Å². The van der Waals surface area contributed by atoms with E-state index >= 15 is 0 Å². The van der Waals surface area contributed by atoms with Crippen LogP contribution in [0.3, 0.4) is 0 Å². The molecule has 132 valence electrons. The van der Waals surface area contributed by atoms with Gasteiger partial charge in [0.1, 0.15) is 24.0 Å². The van der Waals surface area contributed by atoms with E-state index in [2.05, 4.69) is 20.2 Å². The Morgan fingerprint density at radius 1 is 1.36 bits per heavy atom. The fraction of sp³-hybridized carbons (Fsp3) is 0.389. The van der Waals surface area contributed by atoms with Gasteiger partial charge in [-0.2, -0.15) is 0 Å². The number of hydrogen-bond acceptors (Lipinski definition) is 5.